The van der Waals surface area contributed by atoms with Gasteiger partial charge in [0.25, 0.3) is 0 Å². The van der Waals surface area contributed by atoms with Crippen molar-refractivity contribution in [1.82, 2.24) is 4.98 Å². The third-order valence-corrected chi connectivity index (χ3v) is 2.95. The molecule has 0 fully saturated rings. The fourth-order valence-electron chi connectivity index (χ4n) is 1.89. The van der Waals surface area contributed by atoms with Gasteiger partial charge in [0.1, 0.15) is 5.69 Å². The highest BCUT2D eigenvalue weighted by atomic mass is 19.4. The third-order valence-electron chi connectivity index (χ3n) is 2.95. The molecule has 1 aromatic heterocycles. The Morgan fingerprint density at radius 3 is 2.35 bits per heavy atom. The molecule has 0 spiro atoms. The third kappa shape index (κ3) is 2.87. The summed E-state index contributed by atoms with van der Waals surface area (Å²) in [5, 5.41) is 0. The lowest BCUT2D eigenvalue weighted by Crippen LogP contribution is -2.10. The van der Waals surface area contributed by atoms with Crippen LogP contribution >= 0.6 is 0 Å². The number of hydrogen-bond donors (Lipinski definition) is 0. The first-order valence-corrected chi connectivity index (χ1v) is 5.94. The van der Waals surface area contributed by atoms with Crippen molar-refractivity contribution in [1.29, 1.82) is 0 Å². The molecule has 0 saturated carbocycles. The number of carbonyl (C=O) groups excluding carboxylic acids is 1. The van der Waals surface area contributed by atoms with E-state index in [0.29, 0.717) is 0 Å². The van der Waals surface area contributed by atoms with Crippen LogP contribution in [0, 0.1) is 13.8 Å². The summed E-state index contributed by atoms with van der Waals surface area (Å²) in [6.07, 6.45) is -2.91. The Bertz CT molecular complexity index is 662. The summed E-state index contributed by atoms with van der Waals surface area (Å²) in [7, 11) is 0. The van der Waals surface area contributed by atoms with Gasteiger partial charge in [0.05, 0.1) is 5.56 Å². The van der Waals surface area contributed by atoms with Crippen LogP contribution in [-0.4, -0.2) is 10.8 Å². The first kappa shape index (κ1) is 14.2. The topological polar surface area (TPSA) is 30.0 Å². The van der Waals surface area contributed by atoms with Crippen molar-refractivity contribution in [2.45, 2.75) is 20.0 Å². The van der Waals surface area contributed by atoms with Crippen LogP contribution in [0.3, 0.4) is 0 Å². The van der Waals surface area contributed by atoms with E-state index in [-0.39, 0.29) is 22.6 Å². The van der Waals surface area contributed by atoms with E-state index >= 15 is 0 Å². The number of aromatic nitrogens is 1. The van der Waals surface area contributed by atoms with Crippen LogP contribution in [0.4, 0.5) is 13.2 Å². The van der Waals surface area contributed by atoms with Gasteiger partial charge in [-0.2, -0.15) is 13.2 Å². The minimum absolute atomic E-state index is 0.229. The molecule has 0 aliphatic rings. The predicted octanol–water partition coefficient (Wildman–Crippen LogP) is 3.95. The number of aryl methyl sites for hydroxylation is 2. The SMILES string of the molecule is Cc1ccnc(C(=O)c2ccc(C(F)(F)F)cc2C)c1. The van der Waals surface area contributed by atoms with E-state index in [2.05, 4.69) is 4.98 Å². The Balaban J connectivity index is 2.41. The van der Waals surface area contributed by atoms with Gasteiger partial charge in [-0.3, -0.25) is 9.78 Å². The van der Waals surface area contributed by atoms with Gasteiger partial charge in [-0.1, -0.05) is 6.07 Å². The predicted molar refractivity (Wildman–Crippen MR) is 68.6 cm³/mol. The largest absolute Gasteiger partial charge is 0.416 e. The van der Waals surface area contributed by atoms with Crippen LogP contribution in [0.2, 0.25) is 0 Å². The number of alkyl halides is 3. The van der Waals surface area contributed by atoms with Gasteiger partial charge in [0.15, 0.2) is 0 Å². The summed E-state index contributed by atoms with van der Waals surface area (Å²) >= 11 is 0. The van der Waals surface area contributed by atoms with E-state index in [4.69, 9.17) is 0 Å². The highest BCUT2D eigenvalue weighted by Gasteiger charge is 2.31. The molecule has 2 rings (SSSR count). The van der Waals surface area contributed by atoms with Gasteiger partial charge < -0.3 is 0 Å². The van der Waals surface area contributed by atoms with Gasteiger partial charge >= 0.3 is 6.18 Å². The van der Waals surface area contributed by atoms with Crippen molar-refractivity contribution in [3.63, 3.8) is 0 Å². The molecule has 0 amide bonds. The lowest BCUT2D eigenvalue weighted by atomic mass is 9.99. The normalized spacial score (nSPS) is 11.4. The molecule has 0 atom stereocenters. The van der Waals surface area contributed by atoms with E-state index < -0.39 is 11.7 Å². The Kier molecular flexibility index (Phi) is 3.61. The van der Waals surface area contributed by atoms with Crippen molar-refractivity contribution in [2.75, 3.05) is 0 Å². The first-order valence-electron chi connectivity index (χ1n) is 5.94. The number of rotatable bonds is 2. The lowest BCUT2D eigenvalue weighted by molar-refractivity contribution is -0.137. The maximum Gasteiger partial charge on any atom is 0.416 e. The standard InChI is InChI=1S/C15H12F3NO/c1-9-5-6-19-13(7-9)14(20)12-4-3-11(8-10(12)2)15(16,17)18/h3-8H,1-2H3. The van der Waals surface area contributed by atoms with E-state index in [1.807, 2.05) is 6.92 Å². The van der Waals surface area contributed by atoms with Crippen LogP contribution in [0.15, 0.2) is 36.5 Å². The first-order chi connectivity index (χ1) is 9.29. The monoisotopic (exact) mass is 279 g/mol. The maximum atomic E-state index is 12.6. The molecule has 1 heterocycles. The molecule has 0 unspecified atom stereocenters. The van der Waals surface area contributed by atoms with Gasteiger partial charge in [0, 0.05) is 11.8 Å². The van der Waals surface area contributed by atoms with Crippen LogP contribution in [0.1, 0.15) is 32.7 Å². The summed E-state index contributed by atoms with van der Waals surface area (Å²) in [6.45, 7) is 3.30. The van der Waals surface area contributed by atoms with Gasteiger partial charge in [0.2, 0.25) is 5.78 Å². The maximum absolute atomic E-state index is 12.6. The zero-order chi connectivity index (χ0) is 14.9. The Morgan fingerprint density at radius 2 is 1.80 bits per heavy atom. The number of hydrogen-bond acceptors (Lipinski definition) is 2. The molecule has 0 aliphatic heterocycles. The number of carbonyl (C=O) groups is 1. The summed E-state index contributed by atoms with van der Waals surface area (Å²) < 4.78 is 37.7. The van der Waals surface area contributed by atoms with Crippen molar-refractivity contribution >= 4 is 5.78 Å². The lowest BCUT2D eigenvalue weighted by Gasteiger charge is -2.10. The quantitative estimate of drug-likeness (QED) is 0.779. The van der Waals surface area contributed by atoms with E-state index in [1.165, 1.54) is 19.2 Å². The Morgan fingerprint density at radius 1 is 1.10 bits per heavy atom. The summed E-state index contributed by atoms with van der Waals surface area (Å²) in [5.74, 6) is -0.375. The number of pyridine rings is 1. The second-order valence-corrected chi connectivity index (χ2v) is 4.58. The van der Waals surface area contributed by atoms with Gasteiger partial charge in [-0.15, -0.1) is 0 Å². The molecule has 0 bridgehead atoms. The molecule has 0 aliphatic carbocycles. The van der Waals surface area contributed by atoms with Crippen molar-refractivity contribution in [3.05, 3.63) is 64.5 Å². The number of ketones is 1. The second kappa shape index (κ2) is 5.07. The van der Waals surface area contributed by atoms with Crippen molar-refractivity contribution in [2.24, 2.45) is 0 Å². The van der Waals surface area contributed by atoms with Crippen LogP contribution in [0.5, 0.6) is 0 Å². The summed E-state index contributed by atoms with van der Waals surface area (Å²) in [6, 6.07) is 6.44. The molecule has 0 N–H and O–H groups in total. The Labute approximate surface area is 114 Å². The molecule has 104 valence electrons. The van der Waals surface area contributed by atoms with Crippen LogP contribution < -0.4 is 0 Å². The number of halogens is 3. The number of benzene rings is 1. The molecule has 0 radical (unpaired) electrons. The molecule has 0 saturated heterocycles. The highest BCUT2D eigenvalue weighted by molar-refractivity contribution is 6.08. The molecule has 2 aromatic rings. The number of nitrogens with zero attached hydrogens (tertiary/aromatic N) is 1. The molecule has 20 heavy (non-hydrogen) atoms. The average Bonchev–Trinajstić information content (AvgIpc) is 2.36. The smallest absolute Gasteiger partial charge is 0.287 e. The molecular weight excluding hydrogens is 267 g/mol. The highest BCUT2D eigenvalue weighted by Crippen LogP contribution is 2.30. The van der Waals surface area contributed by atoms with Crippen LogP contribution in [-0.2, 0) is 6.18 Å². The minimum Gasteiger partial charge on any atom is -0.287 e. The van der Waals surface area contributed by atoms with Gasteiger partial charge in [-0.25, -0.2) is 0 Å². The van der Waals surface area contributed by atoms with Crippen molar-refractivity contribution in [3.8, 4) is 0 Å². The minimum atomic E-state index is -4.41. The average molecular weight is 279 g/mol. The zero-order valence-electron chi connectivity index (χ0n) is 11.0. The second-order valence-electron chi connectivity index (χ2n) is 4.58. The summed E-state index contributed by atoms with van der Waals surface area (Å²) in [4.78, 5) is 16.2. The fourth-order valence-corrected chi connectivity index (χ4v) is 1.89. The van der Waals surface area contributed by atoms with E-state index in [0.717, 1.165) is 17.7 Å². The molecule has 1 aromatic carbocycles. The molecular formula is C15H12F3NO. The zero-order valence-corrected chi connectivity index (χ0v) is 11.0. The van der Waals surface area contributed by atoms with E-state index in [1.54, 1.807) is 12.1 Å². The molecule has 2 nitrogen and oxygen atoms in total. The van der Waals surface area contributed by atoms with Gasteiger partial charge in [-0.05, 0) is 49.2 Å². The summed E-state index contributed by atoms with van der Waals surface area (Å²) in [5.41, 5.74) is 0.855. The van der Waals surface area contributed by atoms with E-state index in [9.17, 15) is 18.0 Å². The van der Waals surface area contributed by atoms with Crippen LogP contribution in [0.25, 0.3) is 0 Å². The molecule has 5 heteroatoms. The fraction of sp³-hybridized carbons (Fsp3) is 0.200. The van der Waals surface area contributed by atoms with Crippen molar-refractivity contribution < 1.29 is 18.0 Å². The Hall–Kier alpha value is -2.17.